The van der Waals surface area contributed by atoms with Gasteiger partial charge in [-0.25, -0.2) is 0 Å². The van der Waals surface area contributed by atoms with Crippen LogP contribution >= 0.6 is 0 Å². The number of anilines is 2. The van der Waals surface area contributed by atoms with Gasteiger partial charge in [0.15, 0.2) is 0 Å². The third kappa shape index (κ3) is 5.52. The van der Waals surface area contributed by atoms with Crippen molar-refractivity contribution in [3.63, 3.8) is 0 Å². The van der Waals surface area contributed by atoms with Gasteiger partial charge in [-0.1, -0.05) is 72.8 Å². The number of hydrogen-bond acceptors (Lipinski definition) is 4. The van der Waals surface area contributed by atoms with Crippen LogP contribution in [0.2, 0.25) is 0 Å². The van der Waals surface area contributed by atoms with Gasteiger partial charge in [-0.3, -0.25) is 0 Å². The van der Waals surface area contributed by atoms with Gasteiger partial charge >= 0.3 is 0 Å². The second-order valence-corrected chi connectivity index (χ2v) is 9.49. The molecule has 4 nitrogen and oxygen atoms in total. The number of hydrogen-bond donors (Lipinski definition) is 2. The molecule has 0 saturated carbocycles. The summed E-state index contributed by atoms with van der Waals surface area (Å²) in [5, 5.41) is 0. The van der Waals surface area contributed by atoms with Gasteiger partial charge in [0, 0.05) is 11.4 Å². The Hall–Kier alpha value is -5.48. The first-order valence-electron chi connectivity index (χ1n) is 13.1. The number of ether oxygens (including phenoxy) is 2. The highest BCUT2D eigenvalue weighted by molar-refractivity contribution is 5.94. The quantitative estimate of drug-likeness (QED) is 0.206. The van der Waals surface area contributed by atoms with Crippen molar-refractivity contribution in [1.82, 2.24) is 0 Å². The molecule has 0 aliphatic heterocycles. The Balaban J connectivity index is 1.36. The van der Waals surface area contributed by atoms with Gasteiger partial charge in [0.05, 0.1) is 0 Å². The number of nitrogens with two attached hydrogens (primary N) is 2. The fourth-order valence-electron chi connectivity index (χ4n) is 4.70. The standard InChI is InChI=1S/C36H28N2O2/c37-28-13-21-32(22-14-28)39-30-17-9-26(10-18-30)35-8-4-7-34(25-5-2-1-3-6-25)36(35)27-11-19-31(20-12-27)40-33-23-15-29(38)16-24-33/h1-24H,37-38H2. The zero-order valence-electron chi connectivity index (χ0n) is 21.8. The second-order valence-electron chi connectivity index (χ2n) is 9.49. The number of rotatable bonds is 7. The van der Waals surface area contributed by atoms with E-state index in [-0.39, 0.29) is 0 Å². The molecule has 6 rings (SSSR count). The molecule has 6 aromatic rings. The van der Waals surface area contributed by atoms with Gasteiger partial charge in [-0.05, 0) is 106 Å². The monoisotopic (exact) mass is 520 g/mol. The lowest BCUT2D eigenvalue weighted by Gasteiger charge is -2.17. The molecule has 0 aliphatic rings. The average molecular weight is 521 g/mol. The Morgan fingerprint density at radius 1 is 0.325 bits per heavy atom. The van der Waals surface area contributed by atoms with E-state index in [9.17, 15) is 0 Å². The predicted molar refractivity (Wildman–Crippen MR) is 165 cm³/mol. The maximum atomic E-state index is 6.05. The van der Waals surface area contributed by atoms with Gasteiger partial charge in [0.1, 0.15) is 23.0 Å². The van der Waals surface area contributed by atoms with E-state index in [1.54, 1.807) is 0 Å². The molecule has 4 heteroatoms. The smallest absolute Gasteiger partial charge is 0.127 e. The molecule has 0 atom stereocenters. The number of nitrogen functional groups attached to an aromatic ring is 2. The minimum absolute atomic E-state index is 0.706. The Labute approximate surface area is 234 Å². The molecular formula is C36H28N2O2. The third-order valence-corrected chi connectivity index (χ3v) is 6.69. The fourth-order valence-corrected chi connectivity index (χ4v) is 4.70. The van der Waals surface area contributed by atoms with Crippen molar-refractivity contribution in [3.05, 3.63) is 146 Å². The summed E-state index contributed by atoms with van der Waals surface area (Å²) in [6.45, 7) is 0. The first kappa shape index (κ1) is 24.8. The van der Waals surface area contributed by atoms with Crippen LogP contribution in [0.4, 0.5) is 11.4 Å². The van der Waals surface area contributed by atoms with Gasteiger partial charge in [-0.2, -0.15) is 0 Å². The summed E-state index contributed by atoms with van der Waals surface area (Å²) < 4.78 is 12.1. The number of benzene rings is 6. The van der Waals surface area contributed by atoms with Crippen molar-refractivity contribution in [2.75, 3.05) is 11.5 Å². The van der Waals surface area contributed by atoms with Crippen molar-refractivity contribution in [2.45, 2.75) is 0 Å². The van der Waals surface area contributed by atoms with Crippen molar-refractivity contribution in [3.8, 4) is 56.4 Å². The molecule has 0 aliphatic carbocycles. The summed E-state index contributed by atoms with van der Waals surface area (Å²) in [5.41, 5.74) is 19.8. The zero-order chi connectivity index (χ0) is 27.3. The predicted octanol–water partition coefficient (Wildman–Crippen LogP) is 9.44. The summed E-state index contributed by atoms with van der Waals surface area (Å²) in [6, 6.07) is 48.1. The van der Waals surface area contributed by atoms with E-state index in [1.807, 2.05) is 78.9 Å². The Kier molecular flexibility index (Phi) is 6.89. The molecule has 4 N–H and O–H groups in total. The first-order chi connectivity index (χ1) is 19.6. The lowest BCUT2D eigenvalue weighted by atomic mass is 9.87. The molecule has 6 aromatic carbocycles. The van der Waals surface area contributed by atoms with E-state index >= 15 is 0 Å². The molecule has 40 heavy (non-hydrogen) atoms. The highest BCUT2D eigenvalue weighted by Crippen LogP contribution is 2.41. The fraction of sp³-hybridized carbons (Fsp3) is 0. The maximum Gasteiger partial charge on any atom is 0.127 e. The van der Waals surface area contributed by atoms with E-state index in [1.165, 1.54) is 0 Å². The van der Waals surface area contributed by atoms with Gasteiger partial charge < -0.3 is 20.9 Å². The Bertz CT molecular complexity index is 1710. The Morgan fingerprint density at radius 3 is 1.15 bits per heavy atom. The van der Waals surface area contributed by atoms with Crippen LogP contribution in [-0.2, 0) is 0 Å². The van der Waals surface area contributed by atoms with Crippen LogP contribution in [0.5, 0.6) is 23.0 Å². The molecule has 0 bridgehead atoms. The zero-order valence-corrected chi connectivity index (χ0v) is 21.8. The van der Waals surface area contributed by atoms with Crippen LogP contribution in [0.3, 0.4) is 0 Å². The lowest BCUT2D eigenvalue weighted by Crippen LogP contribution is -1.92. The van der Waals surface area contributed by atoms with Crippen LogP contribution in [0.1, 0.15) is 0 Å². The summed E-state index contributed by atoms with van der Waals surface area (Å²) in [4.78, 5) is 0. The largest absolute Gasteiger partial charge is 0.457 e. The summed E-state index contributed by atoms with van der Waals surface area (Å²) in [6.07, 6.45) is 0. The third-order valence-electron chi connectivity index (χ3n) is 6.69. The molecule has 0 heterocycles. The van der Waals surface area contributed by atoms with Gasteiger partial charge in [-0.15, -0.1) is 0 Å². The van der Waals surface area contributed by atoms with Crippen LogP contribution < -0.4 is 20.9 Å². The lowest BCUT2D eigenvalue weighted by molar-refractivity contribution is 0.482. The van der Waals surface area contributed by atoms with Gasteiger partial charge in [0.25, 0.3) is 0 Å². The minimum Gasteiger partial charge on any atom is -0.457 e. The Morgan fingerprint density at radius 2 is 0.700 bits per heavy atom. The van der Waals surface area contributed by atoms with Crippen molar-refractivity contribution in [2.24, 2.45) is 0 Å². The molecule has 194 valence electrons. The molecule has 0 aromatic heterocycles. The molecule has 0 saturated heterocycles. The highest BCUT2D eigenvalue weighted by atomic mass is 16.5. The van der Waals surface area contributed by atoms with Crippen LogP contribution in [0, 0.1) is 0 Å². The summed E-state index contributed by atoms with van der Waals surface area (Å²) in [5.74, 6) is 3.01. The normalized spacial score (nSPS) is 10.7. The van der Waals surface area contributed by atoms with E-state index < -0.39 is 0 Å². The van der Waals surface area contributed by atoms with E-state index in [0.717, 1.165) is 56.4 Å². The van der Waals surface area contributed by atoms with Crippen LogP contribution in [0.15, 0.2) is 146 Å². The van der Waals surface area contributed by atoms with Crippen molar-refractivity contribution >= 4 is 11.4 Å². The minimum atomic E-state index is 0.706. The average Bonchev–Trinajstić information content (AvgIpc) is 3.00. The van der Waals surface area contributed by atoms with Crippen molar-refractivity contribution in [1.29, 1.82) is 0 Å². The summed E-state index contributed by atoms with van der Waals surface area (Å²) in [7, 11) is 0. The molecular weight excluding hydrogens is 492 g/mol. The molecule has 0 fully saturated rings. The topological polar surface area (TPSA) is 70.5 Å². The molecule has 0 radical (unpaired) electrons. The molecule has 0 spiro atoms. The molecule has 0 unspecified atom stereocenters. The van der Waals surface area contributed by atoms with E-state index in [4.69, 9.17) is 20.9 Å². The van der Waals surface area contributed by atoms with Crippen LogP contribution in [0.25, 0.3) is 33.4 Å². The highest BCUT2D eigenvalue weighted by Gasteiger charge is 2.15. The van der Waals surface area contributed by atoms with Gasteiger partial charge in [0.2, 0.25) is 0 Å². The van der Waals surface area contributed by atoms with E-state index in [0.29, 0.717) is 11.4 Å². The second kappa shape index (κ2) is 11.1. The van der Waals surface area contributed by atoms with Crippen LogP contribution in [-0.4, -0.2) is 0 Å². The summed E-state index contributed by atoms with van der Waals surface area (Å²) >= 11 is 0. The maximum absolute atomic E-state index is 6.05. The van der Waals surface area contributed by atoms with E-state index in [2.05, 4.69) is 66.7 Å². The SMILES string of the molecule is Nc1ccc(Oc2ccc(-c3cccc(-c4ccccc4)c3-c3ccc(Oc4ccc(N)cc4)cc3)cc2)cc1. The van der Waals surface area contributed by atoms with Crippen molar-refractivity contribution < 1.29 is 9.47 Å². The molecule has 0 amide bonds. The first-order valence-corrected chi connectivity index (χ1v) is 13.1.